The molecule has 0 saturated heterocycles. The molecule has 0 aliphatic rings. The SMILES string of the molecule is COC(=O)c1ccc(NC(=O)CCC(=O)OCC(=O)c2ccc(Oc3ccc([N+](=O)[O-])cc3)cc2)cc1. The topological polar surface area (TPSA) is 151 Å². The fourth-order valence-corrected chi connectivity index (χ4v) is 3.03. The van der Waals surface area contributed by atoms with Crippen LogP contribution < -0.4 is 10.1 Å². The van der Waals surface area contributed by atoms with Gasteiger partial charge in [0, 0.05) is 29.8 Å². The number of rotatable bonds is 11. The Kier molecular flexibility index (Phi) is 9.03. The summed E-state index contributed by atoms with van der Waals surface area (Å²) < 4.78 is 15.2. The largest absolute Gasteiger partial charge is 0.465 e. The molecule has 0 radical (unpaired) electrons. The minimum atomic E-state index is -0.706. The smallest absolute Gasteiger partial charge is 0.337 e. The summed E-state index contributed by atoms with van der Waals surface area (Å²) in [6, 6.07) is 17.7. The number of hydrogen-bond acceptors (Lipinski definition) is 9. The lowest BCUT2D eigenvalue weighted by atomic mass is 10.1. The molecular formula is C26H22N2O9. The molecular weight excluding hydrogens is 484 g/mol. The molecule has 1 amide bonds. The summed E-state index contributed by atoms with van der Waals surface area (Å²) in [6.45, 7) is -0.488. The van der Waals surface area contributed by atoms with E-state index in [0.717, 1.165) is 0 Å². The van der Waals surface area contributed by atoms with Crippen LogP contribution in [0.1, 0.15) is 33.6 Å². The van der Waals surface area contributed by atoms with Crippen LogP contribution >= 0.6 is 0 Å². The second-order valence-electron chi connectivity index (χ2n) is 7.58. The van der Waals surface area contributed by atoms with Crippen LogP contribution in [0.2, 0.25) is 0 Å². The molecule has 0 heterocycles. The minimum absolute atomic E-state index is 0.0600. The lowest BCUT2D eigenvalue weighted by Gasteiger charge is -2.08. The highest BCUT2D eigenvalue weighted by atomic mass is 16.6. The standard InChI is InChI=1S/C26H22N2O9/c1-35-26(32)18-2-6-19(7-3-18)27-24(30)14-15-25(31)36-16-23(29)17-4-10-21(11-5-17)37-22-12-8-20(9-13-22)28(33)34/h2-13H,14-16H2,1H3,(H,27,30). The number of methoxy groups -OCH3 is 1. The van der Waals surface area contributed by atoms with E-state index in [1.54, 1.807) is 12.1 Å². The Morgan fingerprint density at radius 1 is 0.811 bits per heavy atom. The predicted octanol–water partition coefficient (Wildman–Crippen LogP) is 4.32. The first-order chi connectivity index (χ1) is 17.7. The quantitative estimate of drug-likeness (QED) is 0.173. The van der Waals surface area contributed by atoms with Crippen molar-refractivity contribution < 1.29 is 38.3 Å². The molecule has 0 unspecified atom stereocenters. The van der Waals surface area contributed by atoms with Crippen molar-refractivity contribution in [2.75, 3.05) is 19.0 Å². The van der Waals surface area contributed by atoms with E-state index in [1.807, 2.05) is 0 Å². The molecule has 11 heteroatoms. The molecule has 190 valence electrons. The summed E-state index contributed by atoms with van der Waals surface area (Å²) in [4.78, 5) is 57.9. The Hall–Kier alpha value is -5.06. The number of nitrogens with one attached hydrogen (secondary N) is 1. The van der Waals surface area contributed by atoms with Crippen LogP contribution in [0.15, 0.2) is 72.8 Å². The van der Waals surface area contributed by atoms with E-state index < -0.39 is 35.2 Å². The third-order valence-electron chi connectivity index (χ3n) is 4.97. The lowest BCUT2D eigenvalue weighted by molar-refractivity contribution is -0.384. The minimum Gasteiger partial charge on any atom is -0.465 e. The fourth-order valence-electron chi connectivity index (χ4n) is 3.03. The number of hydrogen-bond donors (Lipinski definition) is 1. The number of carbonyl (C=O) groups is 4. The molecule has 0 bridgehead atoms. The van der Waals surface area contributed by atoms with Gasteiger partial charge in [-0.2, -0.15) is 0 Å². The number of anilines is 1. The first kappa shape index (κ1) is 26.5. The van der Waals surface area contributed by atoms with E-state index in [-0.39, 0.29) is 24.1 Å². The molecule has 0 aliphatic carbocycles. The van der Waals surface area contributed by atoms with Gasteiger partial charge in [0.15, 0.2) is 12.4 Å². The number of esters is 2. The number of non-ortho nitro benzene ring substituents is 1. The van der Waals surface area contributed by atoms with E-state index in [2.05, 4.69) is 10.1 Å². The third-order valence-corrected chi connectivity index (χ3v) is 4.97. The van der Waals surface area contributed by atoms with Gasteiger partial charge in [0.2, 0.25) is 5.91 Å². The number of amides is 1. The van der Waals surface area contributed by atoms with Crippen LogP contribution in [0.4, 0.5) is 11.4 Å². The van der Waals surface area contributed by atoms with Gasteiger partial charge in [-0.15, -0.1) is 0 Å². The summed E-state index contributed by atoms with van der Waals surface area (Å²) in [7, 11) is 1.27. The first-order valence-electron chi connectivity index (χ1n) is 10.9. The van der Waals surface area contributed by atoms with Crippen molar-refractivity contribution in [2.45, 2.75) is 12.8 Å². The second-order valence-corrected chi connectivity index (χ2v) is 7.58. The number of nitrogens with zero attached hydrogens (tertiary/aromatic N) is 1. The van der Waals surface area contributed by atoms with Crippen LogP contribution in [0.25, 0.3) is 0 Å². The van der Waals surface area contributed by atoms with Crippen molar-refractivity contribution >= 4 is 35.0 Å². The highest BCUT2D eigenvalue weighted by Crippen LogP contribution is 2.24. The molecule has 1 N–H and O–H groups in total. The number of carbonyl (C=O) groups excluding carboxylic acids is 4. The van der Waals surface area contributed by atoms with Crippen LogP contribution in [0.3, 0.4) is 0 Å². The molecule has 37 heavy (non-hydrogen) atoms. The molecule has 0 aliphatic heterocycles. The lowest BCUT2D eigenvalue weighted by Crippen LogP contribution is -2.17. The van der Waals surface area contributed by atoms with Gasteiger partial charge < -0.3 is 19.5 Å². The van der Waals surface area contributed by atoms with Gasteiger partial charge >= 0.3 is 11.9 Å². The van der Waals surface area contributed by atoms with Gasteiger partial charge in [-0.1, -0.05) is 0 Å². The van der Waals surface area contributed by atoms with E-state index in [1.165, 1.54) is 67.8 Å². The maximum Gasteiger partial charge on any atom is 0.337 e. The van der Waals surface area contributed by atoms with E-state index in [0.29, 0.717) is 22.7 Å². The maximum absolute atomic E-state index is 12.3. The Morgan fingerprint density at radius 3 is 1.95 bits per heavy atom. The van der Waals surface area contributed by atoms with Gasteiger partial charge in [-0.05, 0) is 60.7 Å². The predicted molar refractivity (Wildman–Crippen MR) is 131 cm³/mol. The molecule has 0 fully saturated rings. The Balaban J connectivity index is 1.40. The summed E-state index contributed by atoms with van der Waals surface area (Å²) in [6.07, 6.45) is -0.373. The Morgan fingerprint density at radius 2 is 1.38 bits per heavy atom. The highest BCUT2D eigenvalue weighted by Gasteiger charge is 2.13. The number of ketones is 1. The summed E-state index contributed by atoms with van der Waals surface area (Å²) in [5.41, 5.74) is 1.01. The normalized spacial score (nSPS) is 10.2. The Bertz CT molecular complexity index is 1290. The zero-order valence-electron chi connectivity index (χ0n) is 19.7. The van der Waals surface area contributed by atoms with Crippen molar-refractivity contribution in [3.8, 4) is 11.5 Å². The number of nitro benzene ring substituents is 1. The van der Waals surface area contributed by atoms with Crippen molar-refractivity contribution in [3.05, 3.63) is 94.0 Å². The molecule has 3 rings (SSSR count). The first-order valence-corrected chi connectivity index (χ1v) is 10.9. The zero-order chi connectivity index (χ0) is 26.8. The van der Waals surface area contributed by atoms with Crippen molar-refractivity contribution in [3.63, 3.8) is 0 Å². The third kappa shape index (κ3) is 7.99. The summed E-state index contributed by atoms with van der Waals surface area (Å²) in [5.74, 6) is -1.28. The van der Waals surface area contributed by atoms with Crippen LogP contribution in [0, 0.1) is 10.1 Å². The fraction of sp³-hybridized carbons (Fsp3) is 0.154. The number of nitro groups is 1. The van der Waals surface area contributed by atoms with Gasteiger partial charge in [0.05, 0.1) is 24.0 Å². The average molecular weight is 506 g/mol. The molecule has 0 spiro atoms. The molecule has 3 aromatic rings. The summed E-state index contributed by atoms with van der Waals surface area (Å²) >= 11 is 0. The highest BCUT2D eigenvalue weighted by molar-refractivity contribution is 5.98. The zero-order valence-corrected chi connectivity index (χ0v) is 19.7. The van der Waals surface area contributed by atoms with E-state index in [4.69, 9.17) is 9.47 Å². The summed E-state index contributed by atoms with van der Waals surface area (Å²) in [5, 5.41) is 13.3. The molecule has 0 saturated carbocycles. The van der Waals surface area contributed by atoms with Crippen LogP contribution in [-0.4, -0.2) is 42.3 Å². The van der Waals surface area contributed by atoms with Crippen molar-refractivity contribution in [2.24, 2.45) is 0 Å². The average Bonchev–Trinajstić information content (AvgIpc) is 2.91. The van der Waals surface area contributed by atoms with Gasteiger partial charge in [0.1, 0.15) is 11.5 Å². The van der Waals surface area contributed by atoms with Gasteiger partial charge in [0.25, 0.3) is 5.69 Å². The second kappa shape index (κ2) is 12.6. The Labute approximate surface area is 211 Å². The van der Waals surface area contributed by atoms with Crippen molar-refractivity contribution in [1.29, 1.82) is 0 Å². The molecule has 11 nitrogen and oxygen atoms in total. The van der Waals surface area contributed by atoms with Crippen LogP contribution in [-0.2, 0) is 19.1 Å². The molecule has 3 aromatic carbocycles. The molecule has 0 atom stereocenters. The molecule has 0 aromatic heterocycles. The van der Waals surface area contributed by atoms with E-state index >= 15 is 0 Å². The van der Waals surface area contributed by atoms with E-state index in [9.17, 15) is 29.3 Å². The van der Waals surface area contributed by atoms with Crippen molar-refractivity contribution in [1.82, 2.24) is 0 Å². The maximum atomic E-state index is 12.3. The van der Waals surface area contributed by atoms with Gasteiger partial charge in [-0.3, -0.25) is 24.5 Å². The number of Topliss-reactive ketones (excluding diaryl/α,β-unsaturated/α-hetero) is 1. The van der Waals surface area contributed by atoms with Gasteiger partial charge in [-0.25, -0.2) is 4.79 Å². The number of benzene rings is 3. The monoisotopic (exact) mass is 506 g/mol. The number of ether oxygens (including phenoxy) is 3. The van der Waals surface area contributed by atoms with Crippen LogP contribution in [0.5, 0.6) is 11.5 Å².